The molecular weight excluding hydrogens is 324 g/mol. The van der Waals surface area contributed by atoms with Crippen LogP contribution in [0.25, 0.3) is 0 Å². The first kappa shape index (κ1) is 19.3. The molecule has 136 valence electrons. The van der Waals surface area contributed by atoms with Gasteiger partial charge in [-0.3, -0.25) is 9.48 Å². The number of halogens is 1. The molecule has 1 N–H and O–H groups in total. The Morgan fingerprint density at radius 2 is 2.12 bits per heavy atom. The van der Waals surface area contributed by atoms with Crippen LogP contribution in [0.1, 0.15) is 51.5 Å². The molecule has 1 unspecified atom stereocenters. The van der Waals surface area contributed by atoms with Gasteiger partial charge in [0.1, 0.15) is 0 Å². The van der Waals surface area contributed by atoms with Gasteiger partial charge in [0.2, 0.25) is 5.91 Å². The Labute approximate surface area is 151 Å². The van der Waals surface area contributed by atoms with Crippen molar-refractivity contribution in [1.29, 1.82) is 0 Å². The highest BCUT2D eigenvalue weighted by atomic mass is 35.5. The van der Waals surface area contributed by atoms with Crippen LogP contribution in [0, 0.1) is 11.3 Å². The van der Waals surface area contributed by atoms with Gasteiger partial charge in [-0.25, -0.2) is 0 Å². The van der Waals surface area contributed by atoms with E-state index in [1.807, 2.05) is 17.9 Å². The normalized spacial score (nSPS) is 27.3. The highest BCUT2D eigenvalue weighted by molar-refractivity contribution is 5.85. The fourth-order valence-corrected chi connectivity index (χ4v) is 4.18. The van der Waals surface area contributed by atoms with E-state index in [2.05, 4.69) is 42.3 Å². The number of aryl methyl sites for hydroxylation is 1. The van der Waals surface area contributed by atoms with Crippen molar-refractivity contribution >= 4 is 18.3 Å². The predicted molar refractivity (Wildman–Crippen MR) is 98.4 cm³/mol. The highest BCUT2D eigenvalue weighted by Gasteiger charge is 2.40. The first-order valence-corrected chi connectivity index (χ1v) is 8.85. The summed E-state index contributed by atoms with van der Waals surface area (Å²) >= 11 is 0. The maximum Gasteiger partial charge on any atom is 0.227 e. The van der Waals surface area contributed by atoms with E-state index in [1.54, 1.807) is 0 Å². The molecule has 2 fully saturated rings. The standard InChI is InChI=1S/C18H30N4O.ClH/c1-18(2,3)8-14-6-5-7-22(14)17(23)16-11-19-10-15(16)13-9-20-21(4)12-13;/h9,12,14-16,19H,5-8,10-11H2,1-4H3;1H/t14?,15-,16+;/m1./s1. The minimum Gasteiger partial charge on any atom is -0.339 e. The molecule has 3 rings (SSSR count). The molecule has 1 aromatic heterocycles. The van der Waals surface area contributed by atoms with Gasteiger partial charge in [0.15, 0.2) is 0 Å². The van der Waals surface area contributed by atoms with E-state index in [-0.39, 0.29) is 29.7 Å². The quantitative estimate of drug-likeness (QED) is 0.907. The van der Waals surface area contributed by atoms with Crippen molar-refractivity contribution in [3.8, 4) is 0 Å². The zero-order valence-electron chi connectivity index (χ0n) is 15.3. The molecule has 0 bridgehead atoms. The third-order valence-electron chi connectivity index (χ3n) is 5.19. The van der Waals surface area contributed by atoms with Crippen molar-refractivity contribution in [3.05, 3.63) is 18.0 Å². The van der Waals surface area contributed by atoms with E-state index in [0.717, 1.165) is 38.9 Å². The van der Waals surface area contributed by atoms with E-state index < -0.39 is 0 Å². The van der Waals surface area contributed by atoms with Gasteiger partial charge in [0.05, 0.1) is 12.1 Å². The van der Waals surface area contributed by atoms with Crippen LogP contribution in [0.5, 0.6) is 0 Å². The van der Waals surface area contributed by atoms with Gasteiger partial charge >= 0.3 is 0 Å². The second-order valence-corrected chi connectivity index (χ2v) is 8.41. The van der Waals surface area contributed by atoms with Crippen LogP contribution in [0.15, 0.2) is 12.4 Å². The molecule has 0 radical (unpaired) electrons. The first-order chi connectivity index (χ1) is 10.8. The second-order valence-electron chi connectivity index (χ2n) is 8.41. The monoisotopic (exact) mass is 354 g/mol. The molecule has 24 heavy (non-hydrogen) atoms. The number of hydrogen-bond donors (Lipinski definition) is 1. The van der Waals surface area contributed by atoms with Gasteiger partial charge in [0.25, 0.3) is 0 Å². The van der Waals surface area contributed by atoms with E-state index in [9.17, 15) is 4.79 Å². The Hall–Kier alpha value is -1.07. The van der Waals surface area contributed by atoms with E-state index in [4.69, 9.17) is 0 Å². The first-order valence-electron chi connectivity index (χ1n) is 8.85. The van der Waals surface area contributed by atoms with Gasteiger partial charge in [-0.1, -0.05) is 20.8 Å². The number of likely N-dealkylation sites (tertiary alicyclic amines) is 1. The molecule has 2 aliphatic heterocycles. The molecule has 3 atom stereocenters. The van der Waals surface area contributed by atoms with Crippen LogP contribution < -0.4 is 5.32 Å². The van der Waals surface area contributed by atoms with Crippen LogP contribution in [0.2, 0.25) is 0 Å². The summed E-state index contributed by atoms with van der Waals surface area (Å²) < 4.78 is 1.83. The summed E-state index contributed by atoms with van der Waals surface area (Å²) in [5.41, 5.74) is 1.45. The zero-order valence-corrected chi connectivity index (χ0v) is 16.1. The van der Waals surface area contributed by atoms with Crippen molar-refractivity contribution < 1.29 is 4.79 Å². The molecule has 0 saturated carbocycles. The molecule has 1 amide bonds. The van der Waals surface area contributed by atoms with E-state index in [1.165, 1.54) is 5.56 Å². The van der Waals surface area contributed by atoms with Crippen LogP contribution in [-0.4, -0.2) is 46.3 Å². The summed E-state index contributed by atoms with van der Waals surface area (Å²) in [6.07, 6.45) is 7.35. The fourth-order valence-electron chi connectivity index (χ4n) is 4.18. The number of nitrogens with zero attached hydrogens (tertiary/aromatic N) is 3. The lowest BCUT2D eigenvalue weighted by Gasteiger charge is -2.33. The second kappa shape index (κ2) is 7.44. The third-order valence-corrected chi connectivity index (χ3v) is 5.19. The zero-order chi connectivity index (χ0) is 16.6. The number of hydrogen-bond acceptors (Lipinski definition) is 3. The maximum absolute atomic E-state index is 13.2. The molecule has 1 aromatic rings. The largest absolute Gasteiger partial charge is 0.339 e. The Morgan fingerprint density at radius 1 is 1.38 bits per heavy atom. The Kier molecular flexibility index (Phi) is 5.97. The highest BCUT2D eigenvalue weighted by Crippen LogP contribution is 2.34. The molecule has 6 heteroatoms. The smallest absolute Gasteiger partial charge is 0.227 e. The van der Waals surface area contributed by atoms with Gasteiger partial charge in [0, 0.05) is 44.8 Å². The lowest BCUT2D eigenvalue weighted by molar-refractivity contribution is -0.136. The number of amides is 1. The molecule has 0 aliphatic carbocycles. The van der Waals surface area contributed by atoms with E-state index in [0.29, 0.717) is 11.9 Å². The van der Waals surface area contributed by atoms with Crippen molar-refractivity contribution in [2.24, 2.45) is 18.4 Å². The Morgan fingerprint density at radius 3 is 2.75 bits per heavy atom. The lowest BCUT2D eigenvalue weighted by atomic mass is 9.86. The summed E-state index contributed by atoms with van der Waals surface area (Å²) in [6.45, 7) is 9.39. The topological polar surface area (TPSA) is 50.2 Å². The summed E-state index contributed by atoms with van der Waals surface area (Å²) in [4.78, 5) is 15.4. The average molecular weight is 355 g/mol. The minimum atomic E-state index is 0. The van der Waals surface area contributed by atoms with Gasteiger partial charge in [-0.05, 0) is 30.2 Å². The van der Waals surface area contributed by atoms with Crippen molar-refractivity contribution in [1.82, 2.24) is 20.0 Å². The average Bonchev–Trinajstić information content (AvgIpc) is 3.15. The predicted octanol–water partition coefficient (Wildman–Crippen LogP) is 2.57. The third kappa shape index (κ3) is 4.12. The Balaban J connectivity index is 0.00000208. The molecule has 0 aromatic carbocycles. The molecule has 5 nitrogen and oxygen atoms in total. The van der Waals surface area contributed by atoms with Crippen LogP contribution in [0.3, 0.4) is 0 Å². The number of carbonyl (C=O) groups excluding carboxylic acids is 1. The van der Waals surface area contributed by atoms with Crippen molar-refractivity contribution in [3.63, 3.8) is 0 Å². The van der Waals surface area contributed by atoms with Gasteiger partial charge in [-0.15, -0.1) is 12.4 Å². The van der Waals surface area contributed by atoms with Crippen molar-refractivity contribution in [2.45, 2.75) is 52.0 Å². The van der Waals surface area contributed by atoms with E-state index >= 15 is 0 Å². The number of aromatic nitrogens is 2. The number of rotatable bonds is 3. The molecule has 2 saturated heterocycles. The van der Waals surface area contributed by atoms with Crippen LogP contribution in [0.4, 0.5) is 0 Å². The maximum atomic E-state index is 13.2. The number of nitrogens with one attached hydrogen (secondary N) is 1. The van der Waals surface area contributed by atoms with Crippen LogP contribution >= 0.6 is 12.4 Å². The molecular formula is C18H31ClN4O. The Bertz CT molecular complexity index is 566. The summed E-state index contributed by atoms with van der Waals surface area (Å²) in [7, 11) is 1.93. The summed E-state index contributed by atoms with van der Waals surface area (Å²) in [5.74, 6) is 0.655. The fraction of sp³-hybridized carbons (Fsp3) is 0.778. The SMILES string of the molecule is Cl.Cn1cc([C@H]2CNC[C@@H]2C(=O)N2CCCC2CC(C)(C)C)cn1. The van der Waals surface area contributed by atoms with Gasteiger partial charge in [-0.2, -0.15) is 5.10 Å². The van der Waals surface area contributed by atoms with Crippen LogP contribution in [-0.2, 0) is 11.8 Å². The summed E-state index contributed by atoms with van der Waals surface area (Å²) in [6, 6.07) is 0.414. The molecule has 0 spiro atoms. The molecule has 2 aliphatic rings. The van der Waals surface area contributed by atoms with Crippen molar-refractivity contribution in [2.75, 3.05) is 19.6 Å². The summed E-state index contributed by atoms with van der Waals surface area (Å²) in [5, 5.41) is 7.69. The molecule has 3 heterocycles. The number of carbonyl (C=O) groups is 1. The minimum absolute atomic E-state index is 0. The lowest BCUT2D eigenvalue weighted by Crippen LogP contribution is -2.43. The van der Waals surface area contributed by atoms with Gasteiger partial charge < -0.3 is 10.2 Å².